The summed E-state index contributed by atoms with van der Waals surface area (Å²) in [4.78, 5) is 30.7. The van der Waals surface area contributed by atoms with Crippen molar-refractivity contribution in [3.8, 4) is 17.2 Å². The second-order valence-electron chi connectivity index (χ2n) is 9.46. The van der Waals surface area contributed by atoms with Crippen LogP contribution in [0.4, 0.5) is 0 Å². The Bertz CT molecular complexity index is 1210. The van der Waals surface area contributed by atoms with Gasteiger partial charge in [-0.1, -0.05) is 49.6 Å². The largest absolute Gasteiger partial charge is 0.497 e. The zero-order chi connectivity index (χ0) is 26.9. The van der Waals surface area contributed by atoms with Gasteiger partial charge in [0.25, 0.3) is 0 Å². The van der Waals surface area contributed by atoms with Gasteiger partial charge < -0.3 is 24.4 Å². The van der Waals surface area contributed by atoms with E-state index in [9.17, 15) is 9.59 Å². The van der Waals surface area contributed by atoms with Crippen LogP contribution in [-0.2, 0) is 22.6 Å². The average Bonchev–Trinajstić information content (AvgIpc) is 3.46. The molecule has 4 rings (SSSR count). The van der Waals surface area contributed by atoms with Gasteiger partial charge in [0.2, 0.25) is 11.8 Å². The van der Waals surface area contributed by atoms with Crippen molar-refractivity contribution in [2.75, 3.05) is 21.3 Å². The average molecular weight is 537 g/mol. The minimum Gasteiger partial charge on any atom is -0.497 e. The van der Waals surface area contributed by atoms with Crippen LogP contribution in [0.3, 0.4) is 0 Å². The molecule has 3 aromatic rings. The first-order valence-electron chi connectivity index (χ1n) is 13.0. The highest BCUT2D eigenvalue weighted by atomic mass is 32.1. The third-order valence-corrected chi connectivity index (χ3v) is 7.83. The van der Waals surface area contributed by atoms with Gasteiger partial charge in [-0.2, -0.15) is 0 Å². The molecule has 1 aromatic heterocycles. The molecule has 0 aliphatic heterocycles. The molecular formula is C30H36N2O5S. The highest BCUT2D eigenvalue weighted by molar-refractivity contribution is 7.10. The molecule has 1 heterocycles. The Labute approximate surface area is 228 Å². The fraction of sp³-hybridized carbons (Fsp3) is 0.400. The molecule has 7 nitrogen and oxygen atoms in total. The van der Waals surface area contributed by atoms with Gasteiger partial charge >= 0.3 is 0 Å². The third kappa shape index (κ3) is 6.67. The van der Waals surface area contributed by atoms with Crippen LogP contribution in [0.1, 0.15) is 54.1 Å². The third-order valence-electron chi connectivity index (χ3n) is 6.95. The van der Waals surface area contributed by atoms with Gasteiger partial charge in [-0.15, -0.1) is 11.3 Å². The van der Waals surface area contributed by atoms with Crippen LogP contribution in [0.5, 0.6) is 17.2 Å². The Kier molecular flexibility index (Phi) is 9.65. The first kappa shape index (κ1) is 27.5. The number of hydrogen-bond acceptors (Lipinski definition) is 6. The molecule has 202 valence electrons. The summed E-state index contributed by atoms with van der Waals surface area (Å²) in [6, 6.07) is 16.1. The number of benzene rings is 2. The van der Waals surface area contributed by atoms with Crippen LogP contribution in [0, 0.1) is 0 Å². The summed E-state index contributed by atoms with van der Waals surface area (Å²) in [6.07, 6.45) is 5.42. The summed E-state index contributed by atoms with van der Waals surface area (Å²) >= 11 is 1.53. The number of nitrogens with one attached hydrogen (secondary N) is 1. The van der Waals surface area contributed by atoms with Gasteiger partial charge in [0.1, 0.15) is 11.8 Å². The van der Waals surface area contributed by atoms with Gasteiger partial charge in [-0.25, -0.2) is 0 Å². The van der Waals surface area contributed by atoms with Crippen molar-refractivity contribution >= 4 is 23.2 Å². The van der Waals surface area contributed by atoms with Gasteiger partial charge in [0, 0.05) is 23.0 Å². The van der Waals surface area contributed by atoms with Gasteiger partial charge in [0.05, 0.1) is 27.8 Å². The lowest BCUT2D eigenvalue weighted by atomic mass is 9.94. The van der Waals surface area contributed by atoms with Gasteiger partial charge in [0.15, 0.2) is 11.5 Å². The monoisotopic (exact) mass is 536 g/mol. The lowest BCUT2D eigenvalue weighted by Crippen LogP contribution is -2.47. The molecular weight excluding hydrogens is 500 g/mol. The molecule has 0 radical (unpaired) electrons. The fourth-order valence-electron chi connectivity index (χ4n) is 5.06. The van der Waals surface area contributed by atoms with Crippen molar-refractivity contribution in [3.63, 3.8) is 0 Å². The van der Waals surface area contributed by atoms with Gasteiger partial charge in [-0.3, -0.25) is 9.59 Å². The maximum atomic E-state index is 14.1. The number of para-hydroxylation sites is 1. The summed E-state index contributed by atoms with van der Waals surface area (Å²) in [6.45, 7) is 0.227. The maximum absolute atomic E-state index is 14.1. The molecule has 0 bridgehead atoms. The second kappa shape index (κ2) is 13.3. The van der Waals surface area contributed by atoms with E-state index in [-0.39, 0.29) is 30.8 Å². The summed E-state index contributed by atoms with van der Waals surface area (Å²) < 4.78 is 16.7. The predicted octanol–water partition coefficient (Wildman–Crippen LogP) is 5.54. The van der Waals surface area contributed by atoms with Gasteiger partial charge in [-0.05, 0) is 48.1 Å². The second-order valence-corrected chi connectivity index (χ2v) is 10.5. The van der Waals surface area contributed by atoms with E-state index in [1.807, 2.05) is 53.9 Å². The summed E-state index contributed by atoms with van der Waals surface area (Å²) in [5, 5.41) is 5.21. The molecule has 2 aromatic carbocycles. The van der Waals surface area contributed by atoms with Crippen LogP contribution < -0.4 is 19.5 Å². The van der Waals surface area contributed by atoms with Crippen LogP contribution in [-0.4, -0.2) is 44.1 Å². The summed E-state index contributed by atoms with van der Waals surface area (Å²) in [5.41, 5.74) is 1.45. The van der Waals surface area contributed by atoms with Crippen LogP contribution in [0.2, 0.25) is 0 Å². The highest BCUT2D eigenvalue weighted by Crippen LogP contribution is 2.38. The van der Waals surface area contributed by atoms with E-state index < -0.39 is 6.04 Å². The smallest absolute Gasteiger partial charge is 0.247 e. The molecule has 0 spiro atoms. The van der Waals surface area contributed by atoms with Crippen LogP contribution in [0.15, 0.2) is 60.0 Å². The standard InChI is InChI=1S/C30H36N2O5S/c1-35-23-13-7-10-21(18-23)20-32(27(33)19-24-14-9-17-38-24)28(30(34)31-22-11-5-4-6-12-22)25-15-8-16-26(36-2)29(25)37-3/h7-10,13-18,22,28H,4-6,11-12,19-20H2,1-3H3,(H,31,34). The molecule has 1 saturated carbocycles. The van der Waals surface area contributed by atoms with E-state index in [2.05, 4.69) is 5.32 Å². The molecule has 8 heteroatoms. The lowest BCUT2D eigenvalue weighted by Gasteiger charge is -2.34. The van der Waals surface area contributed by atoms with Crippen molar-refractivity contribution in [1.82, 2.24) is 10.2 Å². The van der Waals surface area contributed by atoms with E-state index in [0.717, 1.165) is 36.1 Å². The Hall–Kier alpha value is -3.52. The number of rotatable bonds is 11. The van der Waals surface area contributed by atoms with Crippen molar-refractivity contribution in [1.29, 1.82) is 0 Å². The molecule has 1 fully saturated rings. The molecule has 0 saturated heterocycles. The van der Waals surface area contributed by atoms with E-state index >= 15 is 0 Å². The first-order valence-corrected chi connectivity index (χ1v) is 13.9. The van der Waals surface area contributed by atoms with E-state index in [4.69, 9.17) is 14.2 Å². The Morgan fingerprint density at radius 2 is 1.76 bits per heavy atom. The molecule has 2 amide bonds. The zero-order valence-electron chi connectivity index (χ0n) is 22.3. The Morgan fingerprint density at radius 1 is 0.974 bits per heavy atom. The van der Waals surface area contributed by atoms with E-state index in [1.54, 1.807) is 32.3 Å². The minimum absolute atomic E-state index is 0.0846. The summed E-state index contributed by atoms with van der Waals surface area (Å²) in [7, 11) is 4.73. The number of thiophene rings is 1. The number of nitrogens with zero attached hydrogens (tertiary/aromatic N) is 1. The fourth-order valence-corrected chi connectivity index (χ4v) is 5.76. The van der Waals surface area contributed by atoms with E-state index in [1.165, 1.54) is 17.8 Å². The lowest BCUT2D eigenvalue weighted by molar-refractivity contribution is -0.141. The van der Waals surface area contributed by atoms with Crippen molar-refractivity contribution in [2.45, 2.75) is 57.2 Å². The highest BCUT2D eigenvalue weighted by Gasteiger charge is 2.36. The maximum Gasteiger partial charge on any atom is 0.247 e. The molecule has 1 unspecified atom stereocenters. The number of hydrogen-bond donors (Lipinski definition) is 1. The topological polar surface area (TPSA) is 77.1 Å². The zero-order valence-corrected chi connectivity index (χ0v) is 23.1. The number of ether oxygens (including phenoxy) is 3. The number of carbonyl (C=O) groups is 2. The Balaban J connectivity index is 1.79. The first-order chi connectivity index (χ1) is 18.5. The normalized spacial score (nSPS) is 14.4. The number of methoxy groups -OCH3 is 3. The van der Waals surface area contributed by atoms with Crippen LogP contribution >= 0.6 is 11.3 Å². The van der Waals surface area contributed by atoms with Crippen molar-refractivity contribution < 1.29 is 23.8 Å². The molecule has 1 N–H and O–H groups in total. The molecule has 1 aliphatic carbocycles. The molecule has 1 aliphatic rings. The number of amides is 2. The van der Waals surface area contributed by atoms with Crippen molar-refractivity contribution in [2.24, 2.45) is 0 Å². The summed E-state index contributed by atoms with van der Waals surface area (Å²) in [5.74, 6) is 1.27. The number of carbonyl (C=O) groups excluding carboxylic acids is 2. The van der Waals surface area contributed by atoms with E-state index in [0.29, 0.717) is 22.8 Å². The quantitative estimate of drug-likeness (QED) is 0.348. The molecule has 38 heavy (non-hydrogen) atoms. The SMILES string of the molecule is COc1cccc(CN(C(=O)Cc2cccs2)C(C(=O)NC2CCCCC2)c2cccc(OC)c2OC)c1. The Morgan fingerprint density at radius 3 is 2.45 bits per heavy atom. The van der Waals surface area contributed by atoms with Crippen molar-refractivity contribution in [3.05, 3.63) is 76.0 Å². The predicted molar refractivity (Wildman–Crippen MR) is 149 cm³/mol. The van der Waals surface area contributed by atoms with Crippen LogP contribution in [0.25, 0.3) is 0 Å². The minimum atomic E-state index is -0.916. The molecule has 1 atom stereocenters.